The molecule has 0 amide bonds. The number of aliphatic hydroxyl groups is 1. The molecule has 2 aromatic rings. The SMILES string of the molecule is C=C/C(C)=C(/N=c1ccc2c(-c3ccccc3SN(C)OSC(O)(F)F)c3ccc(C)cc3oc-2c1)C(=C)C. The number of halogens is 2. The maximum Gasteiger partial charge on any atom is 0.432 e. The van der Waals surface area contributed by atoms with E-state index in [1.165, 1.54) is 11.5 Å². The first-order valence-corrected chi connectivity index (χ1v) is 13.5. The van der Waals surface area contributed by atoms with E-state index in [0.717, 1.165) is 61.3 Å². The van der Waals surface area contributed by atoms with E-state index in [0.29, 0.717) is 16.7 Å². The molecule has 0 bridgehead atoms. The predicted molar refractivity (Wildman–Crippen MR) is 156 cm³/mol. The zero-order valence-corrected chi connectivity index (χ0v) is 23.6. The molecule has 0 saturated carbocycles. The molecular formula is C30H28F2N2O3S2. The molecule has 1 aliphatic carbocycles. The van der Waals surface area contributed by atoms with Crippen molar-refractivity contribution >= 4 is 35.0 Å². The van der Waals surface area contributed by atoms with E-state index in [1.807, 2.05) is 81.4 Å². The molecule has 9 heteroatoms. The number of allylic oxidation sites excluding steroid dienone is 3. The van der Waals surface area contributed by atoms with Crippen LogP contribution in [-0.4, -0.2) is 22.1 Å². The van der Waals surface area contributed by atoms with Crippen molar-refractivity contribution in [1.82, 2.24) is 4.47 Å². The zero-order valence-electron chi connectivity index (χ0n) is 22.0. The molecule has 2 aromatic carbocycles. The Kier molecular flexibility index (Phi) is 8.78. The van der Waals surface area contributed by atoms with E-state index in [-0.39, 0.29) is 12.0 Å². The molecule has 0 saturated heterocycles. The molecule has 5 nitrogen and oxygen atoms in total. The topological polar surface area (TPSA) is 58.2 Å². The van der Waals surface area contributed by atoms with Crippen LogP contribution >= 0.6 is 24.0 Å². The fourth-order valence-electron chi connectivity index (χ4n) is 4.10. The summed E-state index contributed by atoms with van der Waals surface area (Å²) in [6.07, 6.45) is 1.75. The third-order valence-electron chi connectivity index (χ3n) is 5.81. The quantitative estimate of drug-likeness (QED) is 0.0547. The number of aryl methyl sites for hydroxylation is 1. The molecule has 1 aliphatic heterocycles. The van der Waals surface area contributed by atoms with E-state index in [9.17, 15) is 8.78 Å². The molecule has 39 heavy (non-hydrogen) atoms. The Bertz CT molecular complexity index is 1620. The van der Waals surface area contributed by atoms with Crippen LogP contribution in [0.2, 0.25) is 0 Å². The lowest BCUT2D eigenvalue weighted by Crippen LogP contribution is -2.14. The van der Waals surface area contributed by atoms with Gasteiger partial charge < -0.3 is 9.52 Å². The Balaban J connectivity index is 1.92. The second kappa shape index (κ2) is 11.9. The Morgan fingerprint density at radius 2 is 1.85 bits per heavy atom. The van der Waals surface area contributed by atoms with Crippen LogP contribution in [0.5, 0.6) is 0 Å². The highest BCUT2D eigenvalue weighted by Crippen LogP contribution is 2.44. The van der Waals surface area contributed by atoms with Gasteiger partial charge in [0.15, 0.2) is 0 Å². The number of hydrogen-bond acceptors (Lipinski definition) is 7. The lowest BCUT2D eigenvalue weighted by molar-refractivity contribution is -0.121. The van der Waals surface area contributed by atoms with Crippen LogP contribution < -0.4 is 5.36 Å². The van der Waals surface area contributed by atoms with Gasteiger partial charge in [0.1, 0.15) is 23.4 Å². The highest BCUT2D eigenvalue weighted by atomic mass is 32.2. The van der Waals surface area contributed by atoms with Crippen LogP contribution in [0.3, 0.4) is 0 Å². The van der Waals surface area contributed by atoms with Gasteiger partial charge in [-0.05, 0) is 79.3 Å². The first-order chi connectivity index (χ1) is 18.5. The molecular weight excluding hydrogens is 538 g/mol. The Hall–Kier alpha value is -3.21. The number of nitrogens with zero attached hydrogens (tertiary/aromatic N) is 2. The van der Waals surface area contributed by atoms with E-state index >= 15 is 0 Å². The van der Waals surface area contributed by atoms with Crippen LogP contribution in [0.1, 0.15) is 19.4 Å². The number of benzene rings is 3. The summed E-state index contributed by atoms with van der Waals surface area (Å²) in [5, 5.41) is 10.3. The van der Waals surface area contributed by atoms with Gasteiger partial charge in [0.05, 0.1) is 11.1 Å². The Morgan fingerprint density at radius 1 is 1.10 bits per heavy atom. The van der Waals surface area contributed by atoms with Crippen molar-refractivity contribution in [2.75, 3.05) is 7.05 Å². The van der Waals surface area contributed by atoms with Gasteiger partial charge in [-0.25, -0.2) is 9.28 Å². The van der Waals surface area contributed by atoms with Gasteiger partial charge >= 0.3 is 5.44 Å². The van der Waals surface area contributed by atoms with Gasteiger partial charge in [0.25, 0.3) is 0 Å². The molecule has 0 atom stereocenters. The van der Waals surface area contributed by atoms with Crippen molar-refractivity contribution < 1.29 is 22.6 Å². The molecule has 1 heterocycles. The van der Waals surface area contributed by atoms with Gasteiger partial charge in [0, 0.05) is 34.5 Å². The summed E-state index contributed by atoms with van der Waals surface area (Å²) in [5.41, 5.74) is 2.90. The van der Waals surface area contributed by atoms with E-state index in [2.05, 4.69) is 13.2 Å². The summed E-state index contributed by atoms with van der Waals surface area (Å²) in [7, 11) is 1.49. The van der Waals surface area contributed by atoms with E-state index < -0.39 is 5.44 Å². The lowest BCUT2D eigenvalue weighted by atomic mass is 9.93. The standard InChI is InChI=1S/C30H28F2N2O3S2/c1-7-20(5)29(18(2)3)33-21-13-15-23-26(17-21)36-25-16-19(4)12-14-22(25)28(23)24-10-8-9-11-27(24)38-34(6)37-39-30(31,32)35/h7-17,35H,1-2H2,3-6H3/b29-20+,33-21?. The molecule has 0 radical (unpaired) electrons. The van der Waals surface area contributed by atoms with Crippen molar-refractivity contribution in [3.05, 3.63) is 108 Å². The number of rotatable bonds is 9. The van der Waals surface area contributed by atoms with Crippen molar-refractivity contribution in [3.63, 3.8) is 0 Å². The second-order valence-corrected chi connectivity index (χ2v) is 10.9. The summed E-state index contributed by atoms with van der Waals surface area (Å²) >= 11 is 0.785. The lowest BCUT2D eigenvalue weighted by Gasteiger charge is -2.20. The van der Waals surface area contributed by atoms with Gasteiger partial charge in [-0.15, -0.1) is 4.47 Å². The minimum Gasteiger partial charge on any atom is -0.456 e. The normalized spacial score (nSPS) is 13.3. The van der Waals surface area contributed by atoms with E-state index in [4.69, 9.17) is 18.8 Å². The third kappa shape index (κ3) is 6.87. The molecule has 0 spiro atoms. The van der Waals surface area contributed by atoms with Crippen molar-refractivity contribution in [2.24, 2.45) is 4.99 Å². The fraction of sp³-hybridized carbons (Fsp3) is 0.167. The maximum absolute atomic E-state index is 12.9. The van der Waals surface area contributed by atoms with Crippen LogP contribution in [0.4, 0.5) is 8.78 Å². The van der Waals surface area contributed by atoms with Gasteiger partial charge in [0.2, 0.25) is 0 Å². The summed E-state index contributed by atoms with van der Waals surface area (Å²) in [4.78, 5) is 5.58. The van der Waals surface area contributed by atoms with Crippen molar-refractivity contribution in [1.29, 1.82) is 0 Å². The molecule has 202 valence electrons. The maximum atomic E-state index is 12.9. The number of alkyl halides is 2. The minimum absolute atomic E-state index is 0.333. The molecule has 2 aliphatic rings. The molecule has 0 aromatic heterocycles. The number of hydrogen-bond donors (Lipinski definition) is 1. The summed E-state index contributed by atoms with van der Waals surface area (Å²) in [5.74, 6) is 0.640. The molecule has 0 fully saturated rings. The van der Waals surface area contributed by atoms with Crippen molar-refractivity contribution in [3.8, 4) is 22.5 Å². The number of fused-ring (bicyclic) bond motifs is 2. The average Bonchev–Trinajstić information content (AvgIpc) is 2.88. The molecule has 1 N–H and O–H groups in total. The van der Waals surface area contributed by atoms with Gasteiger partial charge in [-0.3, -0.25) is 0 Å². The predicted octanol–water partition coefficient (Wildman–Crippen LogP) is 8.51. The molecule has 0 unspecified atom stereocenters. The largest absolute Gasteiger partial charge is 0.456 e. The van der Waals surface area contributed by atoms with Crippen LogP contribution in [0.25, 0.3) is 33.4 Å². The van der Waals surface area contributed by atoms with Crippen LogP contribution in [0, 0.1) is 6.92 Å². The third-order valence-corrected chi connectivity index (χ3v) is 7.29. The Labute approximate surface area is 234 Å². The monoisotopic (exact) mass is 566 g/mol. The van der Waals surface area contributed by atoms with Crippen LogP contribution in [0.15, 0.2) is 111 Å². The summed E-state index contributed by atoms with van der Waals surface area (Å²) in [6, 6.07) is 19.4. The van der Waals surface area contributed by atoms with E-state index in [1.54, 1.807) is 6.08 Å². The Morgan fingerprint density at radius 3 is 2.54 bits per heavy atom. The van der Waals surface area contributed by atoms with Gasteiger partial charge in [-0.1, -0.05) is 49.6 Å². The second-order valence-electron chi connectivity index (χ2n) is 8.96. The highest BCUT2D eigenvalue weighted by molar-refractivity contribution is 7.98. The zero-order chi connectivity index (χ0) is 28.3. The average molecular weight is 567 g/mol. The smallest absolute Gasteiger partial charge is 0.432 e. The minimum atomic E-state index is -4.01. The summed E-state index contributed by atoms with van der Waals surface area (Å²) < 4.78 is 38.3. The molecule has 4 rings (SSSR count). The summed E-state index contributed by atoms with van der Waals surface area (Å²) in [6.45, 7) is 13.7. The highest BCUT2D eigenvalue weighted by Gasteiger charge is 2.29. The van der Waals surface area contributed by atoms with Crippen LogP contribution in [-0.2, 0) is 4.28 Å². The fourth-order valence-corrected chi connectivity index (χ4v) is 5.19. The first kappa shape index (κ1) is 28.8. The first-order valence-electron chi connectivity index (χ1n) is 11.9. The number of hydroxylamine groups is 1. The van der Waals surface area contributed by atoms with Crippen molar-refractivity contribution in [2.45, 2.75) is 31.1 Å². The van der Waals surface area contributed by atoms with Gasteiger partial charge in [-0.2, -0.15) is 8.78 Å².